The van der Waals surface area contributed by atoms with Crippen LogP contribution in [0.25, 0.3) is 0 Å². The number of nitrogens with one attached hydrogen (secondary N) is 2. The maximum atomic E-state index is 13.9. The Hall–Kier alpha value is -2.41. The summed E-state index contributed by atoms with van der Waals surface area (Å²) in [5.41, 5.74) is 1.46. The Bertz CT molecular complexity index is 731. The van der Waals surface area contributed by atoms with E-state index in [9.17, 15) is 9.18 Å². The Morgan fingerprint density at radius 1 is 1.50 bits per heavy atom. The van der Waals surface area contributed by atoms with Crippen molar-refractivity contribution in [1.82, 2.24) is 15.1 Å². The second-order valence-electron chi connectivity index (χ2n) is 5.89. The number of ether oxygens (including phenoxy) is 1. The summed E-state index contributed by atoms with van der Waals surface area (Å²) < 4.78 is 20.8. The number of hydrogen-bond acceptors (Lipinski definition) is 4. The molecule has 0 bridgehead atoms. The molecule has 2 heterocycles. The molecule has 128 valence electrons. The van der Waals surface area contributed by atoms with E-state index in [1.54, 1.807) is 23.9 Å². The van der Waals surface area contributed by atoms with Gasteiger partial charge in [-0.15, -0.1) is 0 Å². The Balaban J connectivity index is 1.71. The number of hydrogen-bond donors (Lipinski definition) is 2. The van der Waals surface area contributed by atoms with Gasteiger partial charge in [-0.2, -0.15) is 5.10 Å². The van der Waals surface area contributed by atoms with E-state index in [1.165, 1.54) is 12.1 Å². The molecule has 2 atom stereocenters. The first-order valence-electron chi connectivity index (χ1n) is 8.01. The average molecular weight is 332 g/mol. The molecule has 1 aliphatic heterocycles. The van der Waals surface area contributed by atoms with Crippen LogP contribution >= 0.6 is 0 Å². The molecule has 6 nitrogen and oxygen atoms in total. The van der Waals surface area contributed by atoms with E-state index in [0.29, 0.717) is 18.8 Å². The van der Waals surface area contributed by atoms with Gasteiger partial charge in [-0.1, -0.05) is 0 Å². The van der Waals surface area contributed by atoms with Crippen LogP contribution in [0.5, 0.6) is 5.75 Å². The van der Waals surface area contributed by atoms with Crippen molar-refractivity contribution >= 4 is 11.6 Å². The van der Waals surface area contributed by atoms with Crippen molar-refractivity contribution in [2.45, 2.75) is 12.8 Å². The molecule has 1 saturated heterocycles. The second-order valence-corrected chi connectivity index (χ2v) is 5.89. The lowest BCUT2D eigenvalue weighted by molar-refractivity contribution is -0.119. The zero-order chi connectivity index (χ0) is 17.1. The number of anilines is 1. The highest BCUT2D eigenvalue weighted by atomic mass is 19.1. The number of amides is 1. The van der Waals surface area contributed by atoms with Crippen LogP contribution in [0.4, 0.5) is 10.1 Å². The maximum Gasteiger partial charge on any atom is 0.229 e. The predicted molar refractivity (Wildman–Crippen MR) is 88.5 cm³/mol. The van der Waals surface area contributed by atoms with E-state index in [0.717, 1.165) is 12.1 Å². The van der Waals surface area contributed by atoms with Crippen molar-refractivity contribution in [3.63, 3.8) is 0 Å². The van der Waals surface area contributed by atoms with Crippen LogP contribution < -0.4 is 15.4 Å². The standard InChI is InChI=1S/C17H21FN4O2/c1-3-24-16-5-4-12(6-15(16)18)21-17(23)14-9-19-8-13(14)11-7-20-22(2)10-11/h4-7,10,13-14,19H,3,8-9H2,1-2H3,(H,21,23)/t13-,14+/m1/s1. The van der Waals surface area contributed by atoms with E-state index < -0.39 is 5.82 Å². The van der Waals surface area contributed by atoms with Crippen LogP contribution in [-0.4, -0.2) is 35.4 Å². The minimum Gasteiger partial charge on any atom is -0.491 e. The maximum absolute atomic E-state index is 13.9. The third-order valence-electron chi connectivity index (χ3n) is 4.20. The van der Waals surface area contributed by atoms with Gasteiger partial charge in [-0.3, -0.25) is 9.48 Å². The molecule has 2 aromatic rings. The fourth-order valence-corrected chi connectivity index (χ4v) is 3.02. The largest absolute Gasteiger partial charge is 0.491 e. The number of aryl methyl sites for hydroxylation is 1. The van der Waals surface area contributed by atoms with Gasteiger partial charge in [0.1, 0.15) is 0 Å². The first-order chi connectivity index (χ1) is 11.6. The van der Waals surface area contributed by atoms with Crippen LogP contribution in [0.2, 0.25) is 0 Å². The molecule has 7 heteroatoms. The zero-order valence-corrected chi connectivity index (χ0v) is 13.8. The summed E-state index contributed by atoms with van der Waals surface area (Å²) >= 11 is 0. The van der Waals surface area contributed by atoms with Gasteiger partial charge in [-0.05, 0) is 24.6 Å². The van der Waals surface area contributed by atoms with Crippen LogP contribution in [0, 0.1) is 11.7 Å². The highest BCUT2D eigenvalue weighted by molar-refractivity contribution is 5.93. The van der Waals surface area contributed by atoms with E-state index in [1.807, 2.05) is 13.2 Å². The van der Waals surface area contributed by atoms with Gasteiger partial charge >= 0.3 is 0 Å². The zero-order valence-electron chi connectivity index (χ0n) is 13.8. The van der Waals surface area contributed by atoms with E-state index in [-0.39, 0.29) is 23.5 Å². The molecule has 1 aliphatic rings. The first-order valence-corrected chi connectivity index (χ1v) is 8.01. The molecule has 0 radical (unpaired) electrons. The monoisotopic (exact) mass is 332 g/mol. The minimum absolute atomic E-state index is 0.0613. The second kappa shape index (κ2) is 7.00. The molecule has 2 N–H and O–H groups in total. The van der Waals surface area contributed by atoms with Gasteiger partial charge in [0.05, 0.1) is 18.7 Å². The van der Waals surface area contributed by atoms with Crippen molar-refractivity contribution in [3.05, 3.63) is 42.0 Å². The van der Waals surface area contributed by atoms with Crippen molar-refractivity contribution in [3.8, 4) is 5.75 Å². The quantitative estimate of drug-likeness (QED) is 0.877. The van der Waals surface area contributed by atoms with Gasteiger partial charge in [0.25, 0.3) is 0 Å². The summed E-state index contributed by atoms with van der Waals surface area (Å²) in [4.78, 5) is 12.6. The molecule has 0 aliphatic carbocycles. The van der Waals surface area contributed by atoms with Gasteiger partial charge in [0.2, 0.25) is 5.91 Å². The summed E-state index contributed by atoms with van der Waals surface area (Å²) in [5, 5.41) is 10.2. The number of benzene rings is 1. The van der Waals surface area contributed by atoms with Crippen LogP contribution in [0.3, 0.4) is 0 Å². The van der Waals surface area contributed by atoms with E-state index in [2.05, 4.69) is 15.7 Å². The van der Waals surface area contributed by atoms with Crippen LogP contribution in [-0.2, 0) is 11.8 Å². The molecular formula is C17H21FN4O2. The molecular weight excluding hydrogens is 311 g/mol. The highest BCUT2D eigenvalue weighted by Crippen LogP contribution is 2.29. The number of carbonyl (C=O) groups is 1. The summed E-state index contributed by atoms with van der Waals surface area (Å²) in [7, 11) is 1.85. The molecule has 0 spiro atoms. The van der Waals surface area contributed by atoms with Crippen molar-refractivity contribution in [1.29, 1.82) is 0 Å². The summed E-state index contributed by atoms with van der Waals surface area (Å²) in [6.45, 7) is 3.50. The lowest BCUT2D eigenvalue weighted by Crippen LogP contribution is -2.28. The topological polar surface area (TPSA) is 68.2 Å². The Morgan fingerprint density at radius 3 is 3.00 bits per heavy atom. The normalized spacial score (nSPS) is 20.1. The van der Waals surface area contributed by atoms with Gasteiger partial charge in [0, 0.05) is 44.0 Å². The third kappa shape index (κ3) is 3.41. The number of aromatic nitrogens is 2. The van der Waals surface area contributed by atoms with Crippen LogP contribution in [0.1, 0.15) is 18.4 Å². The highest BCUT2D eigenvalue weighted by Gasteiger charge is 2.34. The molecule has 3 rings (SSSR count). The average Bonchev–Trinajstić information content (AvgIpc) is 3.18. The molecule has 1 aromatic heterocycles. The fraction of sp³-hybridized carbons (Fsp3) is 0.412. The van der Waals surface area contributed by atoms with E-state index >= 15 is 0 Å². The smallest absolute Gasteiger partial charge is 0.229 e. The predicted octanol–water partition coefficient (Wildman–Crippen LogP) is 1.90. The number of carbonyl (C=O) groups excluding carboxylic acids is 1. The van der Waals surface area contributed by atoms with E-state index in [4.69, 9.17) is 4.74 Å². The number of halogens is 1. The fourth-order valence-electron chi connectivity index (χ4n) is 3.02. The molecule has 0 saturated carbocycles. The van der Waals surface area contributed by atoms with Crippen molar-refractivity contribution in [2.75, 3.05) is 25.0 Å². The molecule has 1 fully saturated rings. The van der Waals surface area contributed by atoms with Crippen molar-refractivity contribution < 1.29 is 13.9 Å². The first kappa shape index (κ1) is 16.4. The van der Waals surface area contributed by atoms with Gasteiger partial charge < -0.3 is 15.4 Å². The summed E-state index contributed by atoms with van der Waals surface area (Å²) in [5.74, 6) is -0.582. The molecule has 1 amide bonds. The lowest BCUT2D eigenvalue weighted by atomic mass is 9.90. The Kier molecular flexibility index (Phi) is 4.80. The van der Waals surface area contributed by atoms with Gasteiger partial charge in [-0.25, -0.2) is 4.39 Å². The number of rotatable bonds is 5. The third-order valence-corrected chi connectivity index (χ3v) is 4.20. The lowest BCUT2D eigenvalue weighted by Gasteiger charge is -2.17. The number of nitrogens with zero attached hydrogens (tertiary/aromatic N) is 2. The van der Waals surface area contributed by atoms with Crippen molar-refractivity contribution in [2.24, 2.45) is 13.0 Å². The van der Waals surface area contributed by atoms with Gasteiger partial charge in [0.15, 0.2) is 11.6 Å². The molecule has 1 aromatic carbocycles. The summed E-state index contributed by atoms with van der Waals surface area (Å²) in [6, 6.07) is 4.46. The SMILES string of the molecule is CCOc1ccc(NC(=O)[C@H]2CNC[C@@H]2c2cnn(C)c2)cc1F. The molecule has 24 heavy (non-hydrogen) atoms. The minimum atomic E-state index is -0.483. The summed E-state index contributed by atoms with van der Waals surface area (Å²) in [6.07, 6.45) is 3.71. The van der Waals surface area contributed by atoms with Crippen LogP contribution in [0.15, 0.2) is 30.6 Å². The Morgan fingerprint density at radius 2 is 2.33 bits per heavy atom. The molecule has 0 unspecified atom stereocenters. The Labute approximate surface area is 140 Å².